The van der Waals surface area contributed by atoms with Crippen molar-refractivity contribution >= 4 is 35.5 Å². The third kappa shape index (κ3) is 3.67. The maximum atomic E-state index is 14.3. The van der Waals surface area contributed by atoms with Crippen LogP contribution < -0.4 is 10.3 Å². The van der Waals surface area contributed by atoms with Crippen LogP contribution in [0.25, 0.3) is 11.2 Å². The summed E-state index contributed by atoms with van der Waals surface area (Å²) >= 11 is 5.31. The molecule has 0 bridgehead atoms. The van der Waals surface area contributed by atoms with Crippen LogP contribution in [0, 0.1) is 0 Å². The van der Waals surface area contributed by atoms with Crippen LogP contribution in [-0.2, 0) is 32.2 Å². The molecule has 4 heterocycles. The minimum absolute atomic E-state index is 0.0555. The molecule has 2 aliphatic heterocycles. The molecule has 0 spiro atoms. The highest BCUT2D eigenvalue weighted by atomic mass is 32.5. The highest BCUT2D eigenvalue weighted by Gasteiger charge is 2.61. The summed E-state index contributed by atoms with van der Waals surface area (Å²) in [5, 5.41) is 21.2. The monoisotopic (exact) mass is 501 g/mol. The number of imidazole rings is 1. The number of para-hydroxylation sites is 1. The average molecular weight is 501 g/mol. The van der Waals surface area contributed by atoms with Crippen molar-refractivity contribution in [1.29, 1.82) is 0 Å². The van der Waals surface area contributed by atoms with Gasteiger partial charge in [0.15, 0.2) is 23.3 Å². The second-order valence-electron chi connectivity index (χ2n) is 7.48. The van der Waals surface area contributed by atoms with E-state index >= 15 is 0 Å². The Kier molecular flexibility index (Phi) is 5.56. The molecule has 5 atom stereocenters. The van der Waals surface area contributed by atoms with E-state index in [4.69, 9.17) is 35.8 Å². The number of benzene rings is 1. The topological polar surface area (TPSA) is 147 Å². The summed E-state index contributed by atoms with van der Waals surface area (Å²) in [5.41, 5.74) is 4.17. The van der Waals surface area contributed by atoms with Gasteiger partial charge in [0.1, 0.15) is 29.8 Å². The molecule has 1 fully saturated rings. The van der Waals surface area contributed by atoms with Crippen LogP contribution in [0.2, 0.25) is 0 Å². The highest BCUT2D eigenvalue weighted by molar-refractivity contribution is 8.07. The van der Waals surface area contributed by atoms with Crippen LogP contribution in [-0.4, -0.2) is 60.6 Å². The highest BCUT2D eigenvalue weighted by Crippen LogP contribution is 2.56. The molecule has 0 amide bonds. The van der Waals surface area contributed by atoms with E-state index in [1.807, 2.05) is 0 Å². The molecule has 0 radical (unpaired) electrons. The van der Waals surface area contributed by atoms with E-state index < -0.39 is 43.8 Å². The third-order valence-corrected chi connectivity index (χ3v) is 7.66. The Morgan fingerprint density at radius 2 is 2.09 bits per heavy atom. The fourth-order valence-corrected chi connectivity index (χ4v) is 5.51. The number of nitrogen functional groups attached to an aromatic ring is 1. The largest absolute Gasteiger partial charge is 0.424 e. The quantitative estimate of drug-likeness (QED) is 0.437. The summed E-state index contributed by atoms with van der Waals surface area (Å²) in [4.78, 5) is 11.9. The third-order valence-electron chi connectivity index (χ3n) is 5.50. The lowest BCUT2D eigenvalue weighted by molar-refractivity contribution is -0.192. The van der Waals surface area contributed by atoms with Crippen molar-refractivity contribution in [3.05, 3.63) is 42.5 Å². The fraction of sp³-hybridized carbons (Fsp3) is 0.389. The summed E-state index contributed by atoms with van der Waals surface area (Å²) in [6.07, 6.45) is -6.20. The first-order valence-electron chi connectivity index (χ1n) is 9.66. The van der Waals surface area contributed by atoms with Gasteiger partial charge in [0.25, 0.3) is 6.43 Å². The van der Waals surface area contributed by atoms with Crippen molar-refractivity contribution in [2.75, 3.05) is 12.3 Å². The molecule has 5 unspecified atom stereocenters. The van der Waals surface area contributed by atoms with Gasteiger partial charge in [-0.15, -0.1) is 0 Å². The lowest BCUT2D eigenvalue weighted by Crippen LogP contribution is -2.52. The summed E-state index contributed by atoms with van der Waals surface area (Å²) in [5.74, 6) is 0.478. The van der Waals surface area contributed by atoms with E-state index in [9.17, 15) is 19.0 Å². The number of rotatable bonds is 5. The van der Waals surface area contributed by atoms with E-state index in [0.717, 1.165) is 11.9 Å². The molecule has 15 heteroatoms. The molecule has 0 aliphatic carbocycles. The van der Waals surface area contributed by atoms with Gasteiger partial charge in [-0.3, -0.25) is 13.6 Å². The number of aliphatic hydroxyl groups excluding tert-OH is 2. The normalized spacial score (nSPS) is 31.6. The van der Waals surface area contributed by atoms with Gasteiger partial charge >= 0.3 is 6.72 Å². The summed E-state index contributed by atoms with van der Waals surface area (Å²) in [7, 11) is 0. The second-order valence-corrected chi connectivity index (χ2v) is 10.4. The predicted octanol–water partition coefficient (Wildman–Crippen LogP) is 1.51. The molecule has 33 heavy (non-hydrogen) atoms. The second kappa shape index (κ2) is 8.17. The zero-order chi connectivity index (χ0) is 23.4. The van der Waals surface area contributed by atoms with Gasteiger partial charge in [-0.1, -0.05) is 18.2 Å². The van der Waals surface area contributed by atoms with Crippen LogP contribution >= 0.6 is 6.72 Å². The summed E-state index contributed by atoms with van der Waals surface area (Å²) in [6.45, 7) is -4.31. The molecule has 0 saturated carbocycles. The summed E-state index contributed by atoms with van der Waals surface area (Å²) in [6, 6.07) is 6.94. The number of fused-ring (bicyclic) bond motifs is 2. The number of nitrogens with two attached hydrogens (primary N) is 1. The molecule has 2 aromatic heterocycles. The van der Waals surface area contributed by atoms with Gasteiger partial charge in [0.2, 0.25) is 0 Å². The molecule has 4 N–H and O–H groups in total. The maximum absolute atomic E-state index is 14.3. The Hall–Kier alpha value is -2.32. The zero-order valence-corrected chi connectivity index (χ0v) is 18.4. The number of nitrogens with zero attached hydrogens (tertiary/aromatic N) is 4. The molecule has 2 aliphatic rings. The standard InChI is InChI=1S/C18H18F2N5O6PS/c19-17(20)18(6-29-32(33)28-5-9-3-1-2-4-10(9)31-32)13(27)12(26)16(30-18)25-8-24-11-14(21)22-7-23-15(11)25/h1-4,7-8,12-13,16-17,26-27H,5-6H2,(H2,21,22,23). The number of ether oxygens (including phenoxy) is 1. The number of aliphatic hydroxyl groups is 2. The van der Waals surface area contributed by atoms with Gasteiger partial charge in [0.05, 0.1) is 19.5 Å². The van der Waals surface area contributed by atoms with Crippen LogP contribution in [0.5, 0.6) is 5.75 Å². The van der Waals surface area contributed by atoms with E-state index in [-0.39, 0.29) is 23.6 Å². The predicted molar refractivity (Wildman–Crippen MR) is 113 cm³/mol. The first-order valence-corrected chi connectivity index (χ1v) is 12.2. The Balaban J connectivity index is 1.42. The van der Waals surface area contributed by atoms with Crippen LogP contribution in [0.4, 0.5) is 14.6 Å². The molecule has 5 rings (SSSR count). The van der Waals surface area contributed by atoms with E-state index in [1.165, 1.54) is 10.9 Å². The number of hydrogen-bond donors (Lipinski definition) is 3. The number of aromatic nitrogens is 4. The van der Waals surface area contributed by atoms with Crippen LogP contribution in [0.1, 0.15) is 11.8 Å². The molecular weight excluding hydrogens is 483 g/mol. The Morgan fingerprint density at radius 3 is 2.88 bits per heavy atom. The maximum Gasteiger partial charge on any atom is 0.381 e. The smallest absolute Gasteiger partial charge is 0.381 e. The van der Waals surface area contributed by atoms with Crippen molar-refractivity contribution in [3.8, 4) is 5.75 Å². The molecule has 3 aromatic rings. The van der Waals surface area contributed by atoms with Crippen molar-refractivity contribution in [2.24, 2.45) is 0 Å². The van der Waals surface area contributed by atoms with Crippen molar-refractivity contribution in [2.45, 2.75) is 37.1 Å². The number of anilines is 1. The molecule has 1 saturated heterocycles. The first-order chi connectivity index (χ1) is 15.7. The Bertz CT molecular complexity index is 1250. The molecule has 11 nitrogen and oxygen atoms in total. The first kappa shape index (κ1) is 22.5. The lowest BCUT2D eigenvalue weighted by Gasteiger charge is -2.34. The number of alkyl halides is 2. The fourth-order valence-electron chi connectivity index (χ4n) is 3.70. The minimum atomic E-state index is -3.48. The van der Waals surface area contributed by atoms with Crippen LogP contribution in [0.3, 0.4) is 0 Å². The number of halogens is 2. The van der Waals surface area contributed by atoms with E-state index in [2.05, 4.69) is 15.0 Å². The SMILES string of the molecule is Nc1ncnc2c1ncn2C1OC(COP2(=S)OCc3ccccc3O2)(C(F)F)C(O)C1O. The Morgan fingerprint density at radius 1 is 1.30 bits per heavy atom. The van der Waals surface area contributed by atoms with Crippen molar-refractivity contribution in [1.82, 2.24) is 19.5 Å². The zero-order valence-electron chi connectivity index (χ0n) is 16.7. The van der Waals surface area contributed by atoms with Gasteiger partial charge in [-0.05, 0) is 6.07 Å². The Labute approximate surface area is 190 Å². The molecular formula is C18H18F2N5O6PS. The van der Waals surface area contributed by atoms with Gasteiger partial charge in [-0.25, -0.2) is 23.7 Å². The van der Waals surface area contributed by atoms with Crippen molar-refractivity contribution < 1.29 is 37.3 Å². The van der Waals surface area contributed by atoms with Gasteiger partial charge in [0, 0.05) is 17.4 Å². The molecule has 1 aromatic carbocycles. The van der Waals surface area contributed by atoms with E-state index in [0.29, 0.717) is 5.75 Å². The summed E-state index contributed by atoms with van der Waals surface area (Å²) < 4.78 is 51.9. The number of hydrogen-bond acceptors (Lipinski definition) is 11. The minimum Gasteiger partial charge on any atom is -0.424 e. The average Bonchev–Trinajstić information content (AvgIpc) is 3.33. The van der Waals surface area contributed by atoms with Crippen LogP contribution in [0.15, 0.2) is 36.9 Å². The lowest BCUT2D eigenvalue weighted by atomic mass is 9.96. The van der Waals surface area contributed by atoms with E-state index in [1.54, 1.807) is 24.3 Å². The van der Waals surface area contributed by atoms with Crippen molar-refractivity contribution in [3.63, 3.8) is 0 Å². The van der Waals surface area contributed by atoms with Gasteiger partial charge in [-0.2, -0.15) is 0 Å². The molecule has 176 valence electrons. The van der Waals surface area contributed by atoms with Gasteiger partial charge < -0.3 is 25.2 Å².